The topological polar surface area (TPSA) is 61.4 Å². The molecule has 1 saturated carbocycles. The molecular formula is C18H20N4O2S. The summed E-state index contributed by atoms with van der Waals surface area (Å²) in [5, 5.41) is 9.10. The molecule has 6 nitrogen and oxygen atoms in total. The van der Waals surface area contributed by atoms with Crippen molar-refractivity contribution in [3.05, 3.63) is 47.0 Å². The van der Waals surface area contributed by atoms with Gasteiger partial charge >= 0.3 is 5.56 Å². The first kappa shape index (κ1) is 16.2. The summed E-state index contributed by atoms with van der Waals surface area (Å²) in [4.78, 5) is 12.8. The van der Waals surface area contributed by atoms with E-state index in [2.05, 4.69) is 10.2 Å². The molecule has 4 rings (SSSR count). The third-order valence-electron chi connectivity index (χ3n) is 4.54. The zero-order valence-corrected chi connectivity index (χ0v) is 14.9. The predicted molar refractivity (Wildman–Crippen MR) is 97.8 cm³/mol. The number of aromatic nitrogens is 4. The second-order valence-electron chi connectivity index (χ2n) is 6.18. The van der Waals surface area contributed by atoms with Crippen molar-refractivity contribution < 1.29 is 4.74 Å². The van der Waals surface area contributed by atoms with E-state index >= 15 is 0 Å². The normalized spacial score (nSPS) is 14.6. The Labute approximate surface area is 149 Å². The van der Waals surface area contributed by atoms with Crippen LogP contribution in [0.4, 0.5) is 0 Å². The van der Waals surface area contributed by atoms with Crippen molar-refractivity contribution >= 4 is 17.4 Å². The molecule has 7 heteroatoms. The number of rotatable bonds is 6. The summed E-state index contributed by atoms with van der Waals surface area (Å²) in [6, 6.07) is 7.45. The van der Waals surface area contributed by atoms with E-state index in [1.807, 2.05) is 37.4 Å². The van der Waals surface area contributed by atoms with Crippen molar-refractivity contribution in [2.24, 2.45) is 5.92 Å². The second kappa shape index (κ2) is 6.92. The minimum absolute atomic E-state index is 0.172. The molecule has 0 radical (unpaired) electrons. The Morgan fingerprint density at radius 1 is 1.20 bits per heavy atom. The van der Waals surface area contributed by atoms with Crippen LogP contribution in [0.25, 0.3) is 11.3 Å². The van der Waals surface area contributed by atoms with E-state index in [1.165, 1.54) is 19.3 Å². The van der Waals surface area contributed by atoms with E-state index in [4.69, 9.17) is 4.74 Å². The van der Waals surface area contributed by atoms with Crippen molar-refractivity contribution in [2.45, 2.75) is 31.3 Å². The monoisotopic (exact) mass is 356 g/mol. The van der Waals surface area contributed by atoms with Crippen molar-refractivity contribution in [3.63, 3.8) is 0 Å². The van der Waals surface area contributed by atoms with E-state index in [0.717, 1.165) is 28.3 Å². The third kappa shape index (κ3) is 3.16. The Morgan fingerprint density at radius 3 is 2.68 bits per heavy atom. The minimum Gasteiger partial charge on any atom is -0.494 e. The zero-order chi connectivity index (χ0) is 17.2. The van der Waals surface area contributed by atoms with Gasteiger partial charge in [0, 0.05) is 23.8 Å². The van der Waals surface area contributed by atoms with Gasteiger partial charge in [0.25, 0.3) is 0 Å². The van der Waals surface area contributed by atoms with Crippen molar-refractivity contribution in [3.8, 4) is 11.4 Å². The number of thioether (sulfide) groups is 1. The number of hydrogen-bond acceptors (Lipinski definition) is 5. The summed E-state index contributed by atoms with van der Waals surface area (Å²) >= 11 is 1.68. The van der Waals surface area contributed by atoms with E-state index in [9.17, 15) is 4.79 Å². The van der Waals surface area contributed by atoms with Crippen molar-refractivity contribution in [1.82, 2.24) is 19.2 Å². The van der Waals surface area contributed by atoms with Crippen LogP contribution in [-0.2, 0) is 0 Å². The molecule has 1 aliphatic rings. The molecule has 0 unspecified atom stereocenters. The lowest BCUT2D eigenvalue weighted by Crippen LogP contribution is -2.20. The van der Waals surface area contributed by atoms with Crippen LogP contribution in [0.15, 0.2) is 46.6 Å². The van der Waals surface area contributed by atoms with Gasteiger partial charge in [0.1, 0.15) is 5.75 Å². The SMILES string of the molecule is CCOc1ccc(-n2ccn3c(SCC4CCC4)nnc3c2=O)cc1. The van der Waals surface area contributed by atoms with E-state index in [-0.39, 0.29) is 5.56 Å². The van der Waals surface area contributed by atoms with E-state index in [1.54, 1.807) is 26.9 Å². The number of benzene rings is 1. The minimum atomic E-state index is -0.172. The van der Waals surface area contributed by atoms with Crippen LogP contribution < -0.4 is 10.3 Å². The average molecular weight is 356 g/mol. The maximum absolute atomic E-state index is 12.8. The highest BCUT2D eigenvalue weighted by Gasteiger charge is 2.19. The van der Waals surface area contributed by atoms with Gasteiger partial charge in [-0.05, 0) is 49.9 Å². The van der Waals surface area contributed by atoms with Crippen molar-refractivity contribution in [1.29, 1.82) is 0 Å². The lowest BCUT2D eigenvalue weighted by atomic mass is 9.87. The summed E-state index contributed by atoms with van der Waals surface area (Å²) in [6.45, 7) is 2.56. The fourth-order valence-corrected chi connectivity index (χ4v) is 3.99. The van der Waals surface area contributed by atoms with Crippen LogP contribution in [0.1, 0.15) is 26.2 Å². The maximum Gasteiger partial charge on any atom is 0.300 e. The highest BCUT2D eigenvalue weighted by molar-refractivity contribution is 7.99. The molecule has 0 atom stereocenters. The van der Waals surface area contributed by atoms with Gasteiger partial charge in [-0.25, -0.2) is 0 Å². The van der Waals surface area contributed by atoms with Gasteiger partial charge in [-0.3, -0.25) is 13.8 Å². The molecule has 0 spiro atoms. The molecule has 3 aromatic rings. The van der Waals surface area contributed by atoms with Gasteiger partial charge in [-0.2, -0.15) is 0 Å². The Kier molecular flexibility index (Phi) is 4.48. The Hall–Kier alpha value is -2.28. The smallest absolute Gasteiger partial charge is 0.300 e. The first-order chi connectivity index (χ1) is 12.3. The number of nitrogens with zero attached hydrogens (tertiary/aromatic N) is 4. The Morgan fingerprint density at radius 2 is 2.00 bits per heavy atom. The van der Waals surface area contributed by atoms with Gasteiger partial charge < -0.3 is 4.74 Å². The first-order valence-electron chi connectivity index (χ1n) is 8.58. The molecule has 0 amide bonds. The van der Waals surface area contributed by atoms with E-state index < -0.39 is 0 Å². The highest BCUT2D eigenvalue weighted by atomic mass is 32.2. The lowest BCUT2D eigenvalue weighted by molar-refractivity contribution is 0.340. The number of fused-ring (bicyclic) bond motifs is 1. The Balaban J connectivity index is 1.62. The molecule has 25 heavy (non-hydrogen) atoms. The summed E-state index contributed by atoms with van der Waals surface area (Å²) < 4.78 is 8.82. The summed E-state index contributed by atoms with van der Waals surface area (Å²) in [5.41, 5.74) is 0.963. The van der Waals surface area contributed by atoms with Crippen LogP contribution in [0.5, 0.6) is 5.75 Å². The summed E-state index contributed by atoms with van der Waals surface area (Å²) in [6.07, 6.45) is 7.55. The van der Waals surface area contributed by atoms with E-state index in [0.29, 0.717) is 12.3 Å². The van der Waals surface area contributed by atoms with Crippen molar-refractivity contribution in [2.75, 3.05) is 12.4 Å². The largest absolute Gasteiger partial charge is 0.494 e. The van der Waals surface area contributed by atoms with Gasteiger partial charge in [0.2, 0.25) is 5.65 Å². The molecule has 0 saturated heterocycles. The molecule has 2 aromatic heterocycles. The molecule has 0 bridgehead atoms. The van der Waals surface area contributed by atoms with Crippen LogP contribution in [0.3, 0.4) is 0 Å². The fourth-order valence-electron chi connectivity index (χ4n) is 2.89. The van der Waals surface area contributed by atoms with Gasteiger partial charge in [0.15, 0.2) is 5.16 Å². The molecule has 1 aliphatic carbocycles. The van der Waals surface area contributed by atoms with Gasteiger partial charge in [-0.15, -0.1) is 10.2 Å². The quantitative estimate of drug-likeness (QED) is 0.635. The second-order valence-corrected chi connectivity index (χ2v) is 7.17. The summed E-state index contributed by atoms with van der Waals surface area (Å²) in [5.74, 6) is 2.61. The predicted octanol–water partition coefficient (Wildman–Crippen LogP) is 3.17. The first-order valence-corrected chi connectivity index (χ1v) is 9.57. The van der Waals surface area contributed by atoms with Crippen LogP contribution in [0, 0.1) is 5.92 Å². The van der Waals surface area contributed by atoms with Gasteiger partial charge in [-0.1, -0.05) is 18.2 Å². The molecule has 1 fully saturated rings. The molecule has 1 aromatic carbocycles. The fraction of sp³-hybridized carbons (Fsp3) is 0.389. The average Bonchev–Trinajstić information content (AvgIpc) is 2.99. The lowest BCUT2D eigenvalue weighted by Gasteiger charge is -2.24. The highest BCUT2D eigenvalue weighted by Crippen LogP contribution is 2.31. The zero-order valence-electron chi connectivity index (χ0n) is 14.1. The molecule has 130 valence electrons. The molecule has 0 aliphatic heterocycles. The maximum atomic E-state index is 12.8. The molecular weight excluding hydrogens is 336 g/mol. The van der Waals surface area contributed by atoms with Crippen LogP contribution in [-0.4, -0.2) is 31.5 Å². The summed E-state index contributed by atoms with van der Waals surface area (Å²) in [7, 11) is 0. The van der Waals surface area contributed by atoms with Crippen LogP contribution >= 0.6 is 11.8 Å². The number of ether oxygens (including phenoxy) is 1. The molecule has 0 N–H and O–H groups in total. The Bertz CT molecular complexity index is 928. The van der Waals surface area contributed by atoms with Gasteiger partial charge in [0.05, 0.1) is 6.61 Å². The molecule has 2 heterocycles. The van der Waals surface area contributed by atoms with Crippen LogP contribution in [0.2, 0.25) is 0 Å². The number of hydrogen-bond donors (Lipinski definition) is 0. The standard InChI is InChI=1S/C18H20N4O2S/c1-2-24-15-8-6-14(7-9-15)21-10-11-22-16(17(21)23)19-20-18(22)25-12-13-4-3-5-13/h6-11,13H,2-5,12H2,1H3. The third-order valence-corrected chi connectivity index (χ3v) is 5.71.